The van der Waals surface area contributed by atoms with Crippen molar-refractivity contribution in [2.75, 3.05) is 0 Å². The molecule has 0 saturated carbocycles. The molecular weight excluding hydrogens is 253 g/mol. The summed E-state index contributed by atoms with van der Waals surface area (Å²) in [6.07, 6.45) is 0. The molecule has 1 N–H and O–H groups in total. The number of rotatable bonds is 3. The lowest BCUT2D eigenvalue weighted by Gasteiger charge is -2.07. The predicted octanol–water partition coefficient (Wildman–Crippen LogP) is 3.41. The molecule has 2 aromatic carbocycles. The first kappa shape index (κ1) is 12.6. The summed E-state index contributed by atoms with van der Waals surface area (Å²) in [5, 5.41) is 2.54. The Morgan fingerprint density at radius 1 is 1.11 bits per heavy atom. The van der Waals surface area contributed by atoms with Gasteiger partial charge in [0, 0.05) is 6.54 Å². The molecule has 2 nitrogen and oxygen atoms in total. The van der Waals surface area contributed by atoms with Crippen LogP contribution in [0, 0.1) is 5.82 Å². The molecule has 1 amide bonds. The third-order valence-corrected chi connectivity index (χ3v) is 2.88. The van der Waals surface area contributed by atoms with Gasteiger partial charge in [-0.1, -0.05) is 48.0 Å². The average molecular weight is 264 g/mol. The summed E-state index contributed by atoms with van der Waals surface area (Å²) < 4.78 is 13.2. The van der Waals surface area contributed by atoms with Gasteiger partial charge in [-0.3, -0.25) is 4.79 Å². The second-order valence-electron chi connectivity index (χ2n) is 3.77. The predicted molar refractivity (Wildman–Crippen MR) is 69.0 cm³/mol. The van der Waals surface area contributed by atoms with Gasteiger partial charge in [-0.15, -0.1) is 0 Å². The molecule has 0 spiro atoms. The van der Waals surface area contributed by atoms with E-state index in [4.69, 9.17) is 11.6 Å². The Bertz CT molecular complexity index is 557. The molecule has 0 atom stereocenters. The standard InChI is InChI=1S/C14H11ClFNO/c15-13-11(7-4-8-12(13)16)14(18)17-9-10-5-2-1-3-6-10/h1-8H,9H2,(H,17,18). The average Bonchev–Trinajstić information content (AvgIpc) is 2.40. The fraction of sp³-hybridized carbons (Fsp3) is 0.0714. The third kappa shape index (κ3) is 2.87. The maximum absolute atomic E-state index is 13.2. The van der Waals surface area contributed by atoms with Crippen LogP contribution >= 0.6 is 11.6 Å². The number of carbonyl (C=O) groups is 1. The monoisotopic (exact) mass is 263 g/mol. The first-order valence-electron chi connectivity index (χ1n) is 5.44. The van der Waals surface area contributed by atoms with E-state index in [1.807, 2.05) is 30.3 Å². The highest BCUT2D eigenvalue weighted by Gasteiger charge is 2.12. The topological polar surface area (TPSA) is 29.1 Å². The Morgan fingerprint density at radius 2 is 1.83 bits per heavy atom. The van der Waals surface area contributed by atoms with E-state index < -0.39 is 5.82 Å². The molecule has 0 unspecified atom stereocenters. The van der Waals surface area contributed by atoms with Crippen LogP contribution in [0.1, 0.15) is 15.9 Å². The van der Waals surface area contributed by atoms with Crippen molar-refractivity contribution in [3.8, 4) is 0 Å². The molecule has 0 bridgehead atoms. The molecule has 2 rings (SSSR count). The zero-order valence-electron chi connectivity index (χ0n) is 9.49. The third-order valence-electron chi connectivity index (χ3n) is 2.49. The smallest absolute Gasteiger partial charge is 0.253 e. The highest BCUT2D eigenvalue weighted by Crippen LogP contribution is 2.19. The summed E-state index contributed by atoms with van der Waals surface area (Å²) >= 11 is 5.73. The number of hydrogen-bond acceptors (Lipinski definition) is 1. The van der Waals surface area contributed by atoms with Gasteiger partial charge in [0.1, 0.15) is 5.82 Å². The van der Waals surface area contributed by atoms with Gasteiger partial charge in [-0.25, -0.2) is 4.39 Å². The minimum atomic E-state index is -0.593. The molecule has 2 aromatic rings. The van der Waals surface area contributed by atoms with Gasteiger partial charge in [0.2, 0.25) is 0 Å². The van der Waals surface area contributed by atoms with Gasteiger partial charge in [0.05, 0.1) is 10.6 Å². The molecule has 0 fully saturated rings. The van der Waals surface area contributed by atoms with Gasteiger partial charge in [-0.2, -0.15) is 0 Å². The lowest BCUT2D eigenvalue weighted by molar-refractivity contribution is 0.0950. The normalized spacial score (nSPS) is 10.1. The quantitative estimate of drug-likeness (QED) is 0.903. The Balaban J connectivity index is 2.07. The van der Waals surface area contributed by atoms with Crippen LogP contribution < -0.4 is 5.32 Å². The summed E-state index contributed by atoms with van der Waals surface area (Å²) in [5.41, 5.74) is 1.12. The van der Waals surface area contributed by atoms with Crippen LogP contribution in [0.3, 0.4) is 0 Å². The van der Waals surface area contributed by atoms with Crippen molar-refractivity contribution in [1.29, 1.82) is 0 Å². The molecule has 0 heterocycles. The molecule has 0 aromatic heterocycles. The van der Waals surface area contributed by atoms with Crippen molar-refractivity contribution in [3.05, 3.63) is 70.5 Å². The molecule has 0 radical (unpaired) electrons. The first-order valence-corrected chi connectivity index (χ1v) is 5.82. The van der Waals surface area contributed by atoms with E-state index in [9.17, 15) is 9.18 Å². The van der Waals surface area contributed by atoms with Crippen molar-refractivity contribution in [2.24, 2.45) is 0 Å². The lowest BCUT2D eigenvalue weighted by Crippen LogP contribution is -2.23. The molecule has 0 aliphatic rings. The van der Waals surface area contributed by atoms with Crippen molar-refractivity contribution >= 4 is 17.5 Å². The molecule has 4 heteroatoms. The van der Waals surface area contributed by atoms with Crippen LogP contribution in [0.2, 0.25) is 5.02 Å². The molecule has 0 aliphatic heterocycles. The number of halogens is 2. The summed E-state index contributed by atoms with van der Waals surface area (Å²) in [6, 6.07) is 13.6. The van der Waals surface area contributed by atoms with Crippen molar-refractivity contribution < 1.29 is 9.18 Å². The summed E-state index contributed by atoms with van der Waals surface area (Å²) in [6.45, 7) is 0.381. The minimum Gasteiger partial charge on any atom is -0.348 e. The molecule has 92 valence electrons. The van der Waals surface area contributed by atoms with E-state index in [2.05, 4.69) is 5.32 Å². The van der Waals surface area contributed by atoms with E-state index in [1.54, 1.807) is 0 Å². The second kappa shape index (κ2) is 5.65. The number of amides is 1. The van der Waals surface area contributed by atoms with Gasteiger partial charge in [0.15, 0.2) is 0 Å². The zero-order chi connectivity index (χ0) is 13.0. The SMILES string of the molecule is O=C(NCc1ccccc1)c1cccc(F)c1Cl. The van der Waals surface area contributed by atoms with Crippen LogP contribution in [0.4, 0.5) is 4.39 Å². The van der Waals surface area contributed by atoms with Gasteiger partial charge in [0.25, 0.3) is 5.91 Å². The van der Waals surface area contributed by atoms with E-state index in [0.29, 0.717) is 6.54 Å². The van der Waals surface area contributed by atoms with Gasteiger partial charge < -0.3 is 5.32 Å². The van der Waals surface area contributed by atoms with Crippen LogP contribution in [-0.4, -0.2) is 5.91 Å². The van der Waals surface area contributed by atoms with Crippen molar-refractivity contribution in [1.82, 2.24) is 5.32 Å². The van der Waals surface area contributed by atoms with E-state index in [1.165, 1.54) is 18.2 Å². The summed E-state index contributed by atoms with van der Waals surface area (Å²) in [5.74, 6) is -0.979. The fourth-order valence-electron chi connectivity index (χ4n) is 1.55. The van der Waals surface area contributed by atoms with Crippen LogP contribution in [-0.2, 0) is 6.54 Å². The zero-order valence-corrected chi connectivity index (χ0v) is 10.2. The van der Waals surface area contributed by atoms with Crippen LogP contribution in [0.15, 0.2) is 48.5 Å². The first-order chi connectivity index (χ1) is 8.68. The fourth-order valence-corrected chi connectivity index (χ4v) is 1.76. The number of nitrogens with one attached hydrogen (secondary N) is 1. The van der Waals surface area contributed by atoms with Crippen molar-refractivity contribution in [2.45, 2.75) is 6.54 Å². The van der Waals surface area contributed by atoms with E-state index in [0.717, 1.165) is 5.56 Å². The van der Waals surface area contributed by atoms with Gasteiger partial charge in [-0.05, 0) is 17.7 Å². The Hall–Kier alpha value is -1.87. The lowest BCUT2D eigenvalue weighted by atomic mass is 10.2. The maximum atomic E-state index is 13.2. The number of benzene rings is 2. The number of carbonyl (C=O) groups excluding carboxylic acids is 1. The van der Waals surface area contributed by atoms with Crippen LogP contribution in [0.25, 0.3) is 0 Å². The Kier molecular flexibility index (Phi) is 3.95. The highest BCUT2D eigenvalue weighted by molar-refractivity contribution is 6.34. The minimum absolute atomic E-state index is 0.146. The summed E-state index contributed by atoms with van der Waals surface area (Å²) in [7, 11) is 0. The highest BCUT2D eigenvalue weighted by atomic mass is 35.5. The van der Waals surface area contributed by atoms with Crippen molar-refractivity contribution in [3.63, 3.8) is 0 Å². The Morgan fingerprint density at radius 3 is 2.56 bits per heavy atom. The van der Waals surface area contributed by atoms with Crippen LogP contribution in [0.5, 0.6) is 0 Å². The Labute approximate surface area is 109 Å². The molecule has 0 saturated heterocycles. The maximum Gasteiger partial charge on any atom is 0.253 e. The second-order valence-corrected chi connectivity index (χ2v) is 4.15. The number of hydrogen-bond donors (Lipinski definition) is 1. The largest absolute Gasteiger partial charge is 0.348 e. The van der Waals surface area contributed by atoms with E-state index >= 15 is 0 Å². The molecule has 0 aliphatic carbocycles. The van der Waals surface area contributed by atoms with E-state index in [-0.39, 0.29) is 16.5 Å². The van der Waals surface area contributed by atoms with Gasteiger partial charge >= 0.3 is 0 Å². The summed E-state index contributed by atoms with van der Waals surface area (Å²) in [4.78, 5) is 11.8. The molecular formula is C14H11ClFNO. The molecule has 18 heavy (non-hydrogen) atoms.